The van der Waals surface area contributed by atoms with Gasteiger partial charge in [0.05, 0.1) is 16.6 Å². The van der Waals surface area contributed by atoms with Gasteiger partial charge in [0.1, 0.15) is 0 Å². The molecule has 6 aromatic carbocycles. The number of hydrogen-bond acceptors (Lipinski definition) is 3. The van der Waals surface area contributed by atoms with Crippen LogP contribution in [-0.2, 0) is 5.41 Å². The summed E-state index contributed by atoms with van der Waals surface area (Å²) in [7, 11) is 0. The van der Waals surface area contributed by atoms with Crippen molar-refractivity contribution in [3.05, 3.63) is 168 Å². The van der Waals surface area contributed by atoms with Gasteiger partial charge in [0.15, 0.2) is 5.82 Å². The van der Waals surface area contributed by atoms with Crippen LogP contribution in [0, 0.1) is 0 Å². The minimum absolute atomic E-state index is 0.417. The fourth-order valence-electron chi connectivity index (χ4n) is 7.07. The molecule has 0 amide bonds. The van der Waals surface area contributed by atoms with Gasteiger partial charge in [-0.3, -0.25) is 0 Å². The lowest BCUT2D eigenvalue weighted by atomic mass is 9.67. The molecule has 196 valence electrons. The van der Waals surface area contributed by atoms with E-state index in [2.05, 4.69) is 140 Å². The quantitative estimate of drug-likeness (QED) is 0.213. The maximum absolute atomic E-state index is 5.28. The van der Waals surface area contributed by atoms with Gasteiger partial charge in [-0.15, -0.1) is 0 Å². The van der Waals surface area contributed by atoms with E-state index in [9.17, 15) is 0 Å². The molecule has 7 aromatic rings. The molecule has 0 saturated carbocycles. The van der Waals surface area contributed by atoms with Crippen LogP contribution in [0.4, 0.5) is 0 Å². The second kappa shape index (κ2) is 9.01. The molecule has 0 bridgehead atoms. The molecule has 9 rings (SSSR count). The molecule has 0 radical (unpaired) electrons. The monoisotopic (exact) mass is 552 g/mol. The number of nitrogens with zero attached hydrogens (tertiary/aromatic N) is 2. The van der Waals surface area contributed by atoms with Gasteiger partial charge in [0, 0.05) is 26.3 Å². The Kier molecular flexibility index (Phi) is 5.08. The predicted octanol–water partition coefficient (Wildman–Crippen LogP) is 9.79. The van der Waals surface area contributed by atoms with Gasteiger partial charge in [0.25, 0.3) is 0 Å². The normalized spacial score (nSPS) is 13.8. The van der Waals surface area contributed by atoms with Gasteiger partial charge in [-0.05, 0) is 45.5 Å². The standard InChI is InChI=1S/C39H24N2S/c1-2-13-25(14-3-1)36-28-17-6-10-23-34(28)40-38(41-36)29-18-12-22-33-37(29)42-35-24-11-9-21-32(35)39(33)30-19-7-4-15-26(30)27-16-5-8-20-31(27)39/h1-24H. The Bertz CT molecular complexity index is 2140. The Morgan fingerprint density at radius 3 is 1.83 bits per heavy atom. The minimum atomic E-state index is -0.417. The third-order valence-corrected chi connectivity index (χ3v) is 9.99. The Morgan fingerprint density at radius 1 is 0.452 bits per heavy atom. The Morgan fingerprint density at radius 2 is 1.05 bits per heavy atom. The number of hydrogen-bond donors (Lipinski definition) is 0. The lowest BCUT2D eigenvalue weighted by molar-refractivity contribution is 0.723. The molecule has 1 spiro atoms. The molecule has 1 aromatic heterocycles. The smallest absolute Gasteiger partial charge is 0.161 e. The van der Waals surface area contributed by atoms with Crippen molar-refractivity contribution in [2.45, 2.75) is 15.2 Å². The molecule has 2 heterocycles. The highest BCUT2D eigenvalue weighted by Gasteiger charge is 2.50. The van der Waals surface area contributed by atoms with Crippen molar-refractivity contribution in [2.75, 3.05) is 0 Å². The van der Waals surface area contributed by atoms with Crippen LogP contribution in [0.15, 0.2) is 155 Å². The van der Waals surface area contributed by atoms with E-state index < -0.39 is 5.41 Å². The van der Waals surface area contributed by atoms with E-state index in [0.29, 0.717) is 0 Å². The van der Waals surface area contributed by atoms with E-state index in [1.807, 2.05) is 17.8 Å². The SMILES string of the molecule is c1ccc(-c2nc(-c3cccc4c3Sc3ccccc3C43c4ccccc4-c4ccccc43)nc3ccccc23)cc1. The largest absolute Gasteiger partial charge is 0.228 e. The van der Waals surface area contributed by atoms with Crippen molar-refractivity contribution in [3.63, 3.8) is 0 Å². The first-order chi connectivity index (χ1) is 20.8. The number of benzene rings is 6. The van der Waals surface area contributed by atoms with Crippen molar-refractivity contribution >= 4 is 22.7 Å². The van der Waals surface area contributed by atoms with Gasteiger partial charge < -0.3 is 0 Å². The van der Waals surface area contributed by atoms with Crippen LogP contribution < -0.4 is 0 Å². The van der Waals surface area contributed by atoms with Crippen molar-refractivity contribution < 1.29 is 0 Å². The molecular formula is C39H24N2S. The molecule has 1 aliphatic carbocycles. The molecule has 1 aliphatic heterocycles. The summed E-state index contributed by atoms with van der Waals surface area (Å²) in [5, 5.41) is 1.06. The molecule has 0 atom stereocenters. The van der Waals surface area contributed by atoms with Crippen LogP contribution in [0.1, 0.15) is 22.3 Å². The molecule has 2 nitrogen and oxygen atoms in total. The summed E-state index contributed by atoms with van der Waals surface area (Å²) in [5.41, 5.74) is 11.6. The summed E-state index contributed by atoms with van der Waals surface area (Å²) >= 11 is 1.84. The number of rotatable bonds is 2. The fourth-order valence-corrected chi connectivity index (χ4v) is 8.37. The summed E-state index contributed by atoms with van der Waals surface area (Å²) in [6.07, 6.45) is 0. The highest BCUT2D eigenvalue weighted by atomic mass is 32.2. The lowest BCUT2D eigenvalue weighted by Crippen LogP contribution is -2.32. The molecule has 3 heteroatoms. The van der Waals surface area contributed by atoms with Gasteiger partial charge in [0.2, 0.25) is 0 Å². The minimum Gasteiger partial charge on any atom is -0.228 e. The average Bonchev–Trinajstić information content (AvgIpc) is 3.35. The van der Waals surface area contributed by atoms with Crippen LogP contribution in [0.3, 0.4) is 0 Å². The summed E-state index contributed by atoms with van der Waals surface area (Å²) in [4.78, 5) is 13.0. The van der Waals surface area contributed by atoms with Gasteiger partial charge in [-0.1, -0.05) is 145 Å². The van der Waals surface area contributed by atoms with E-state index >= 15 is 0 Å². The van der Waals surface area contributed by atoms with E-state index in [1.165, 1.54) is 43.2 Å². The van der Waals surface area contributed by atoms with Gasteiger partial charge in [-0.25, -0.2) is 9.97 Å². The molecular weight excluding hydrogens is 529 g/mol. The topological polar surface area (TPSA) is 25.8 Å². The maximum atomic E-state index is 5.28. The lowest BCUT2D eigenvalue weighted by Gasteiger charge is -2.40. The van der Waals surface area contributed by atoms with E-state index in [4.69, 9.17) is 9.97 Å². The highest BCUT2D eigenvalue weighted by Crippen LogP contribution is 2.63. The van der Waals surface area contributed by atoms with Crippen molar-refractivity contribution in [1.29, 1.82) is 0 Å². The highest BCUT2D eigenvalue weighted by molar-refractivity contribution is 7.99. The zero-order valence-corrected chi connectivity index (χ0v) is 23.5. The molecule has 42 heavy (non-hydrogen) atoms. The van der Waals surface area contributed by atoms with Crippen LogP contribution in [-0.4, -0.2) is 9.97 Å². The first kappa shape index (κ1) is 23.7. The molecule has 2 aliphatic rings. The molecule has 0 saturated heterocycles. The van der Waals surface area contributed by atoms with Crippen LogP contribution in [0.25, 0.3) is 44.7 Å². The van der Waals surface area contributed by atoms with Crippen LogP contribution in [0.5, 0.6) is 0 Å². The molecule has 0 fully saturated rings. The first-order valence-corrected chi connectivity index (χ1v) is 15.1. The van der Waals surface area contributed by atoms with Crippen molar-refractivity contribution in [3.8, 4) is 33.8 Å². The number of fused-ring (bicyclic) bond motifs is 10. The van der Waals surface area contributed by atoms with Crippen LogP contribution in [0.2, 0.25) is 0 Å². The third kappa shape index (κ3) is 3.17. The van der Waals surface area contributed by atoms with Gasteiger partial charge >= 0.3 is 0 Å². The zero-order valence-electron chi connectivity index (χ0n) is 22.7. The van der Waals surface area contributed by atoms with Crippen molar-refractivity contribution in [1.82, 2.24) is 9.97 Å². The molecule has 0 unspecified atom stereocenters. The predicted molar refractivity (Wildman–Crippen MR) is 172 cm³/mol. The number of para-hydroxylation sites is 1. The summed E-state index contributed by atoms with van der Waals surface area (Å²) in [5.74, 6) is 0.756. The van der Waals surface area contributed by atoms with E-state index in [0.717, 1.165) is 33.5 Å². The average molecular weight is 553 g/mol. The van der Waals surface area contributed by atoms with E-state index in [-0.39, 0.29) is 0 Å². The van der Waals surface area contributed by atoms with Gasteiger partial charge in [-0.2, -0.15) is 0 Å². The first-order valence-electron chi connectivity index (χ1n) is 14.3. The van der Waals surface area contributed by atoms with E-state index in [1.54, 1.807) is 0 Å². The Hall–Kier alpha value is -4.99. The third-order valence-electron chi connectivity index (χ3n) is 8.77. The molecule has 0 N–H and O–H groups in total. The summed E-state index contributed by atoms with van der Waals surface area (Å²) in [6.45, 7) is 0. The Labute approximate surface area is 248 Å². The Balaban J connectivity index is 1.38. The van der Waals surface area contributed by atoms with Crippen molar-refractivity contribution in [2.24, 2.45) is 0 Å². The summed E-state index contributed by atoms with van der Waals surface area (Å²) in [6, 6.07) is 52.3. The second-order valence-electron chi connectivity index (χ2n) is 10.9. The summed E-state index contributed by atoms with van der Waals surface area (Å²) < 4.78 is 0. The fraction of sp³-hybridized carbons (Fsp3) is 0.0256. The second-order valence-corrected chi connectivity index (χ2v) is 12.0. The number of aromatic nitrogens is 2. The zero-order chi connectivity index (χ0) is 27.7. The maximum Gasteiger partial charge on any atom is 0.161 e. The van der Waals surface area contributed by atoms with Crippen LogP contribution >= 0.6 is 11.8 Å².